The van der Waals surface area contributed by atoms with Gasteiger partial charge >= 0.3 is 6.36 Å². The van der Waals surface area contributed by atoms with Crippen molar-refractivity contribution in [2.75, 3.05) is 25.0 Å². The van der Waals surface area contributed by atoms with Crippen LogP contribution in [0.5, 0.6) is 5.75 Å². The third kappa shape index (κ3) is 3.87. The van der Waals surface area contributed by atoms with E-state index in [4.69, 9.17) is 0 Å². The third-order valence-corrected chi connectivity index (χ3v) is 3.68. The van der Waals surface area contributed by atoms with E-state index in [-0.39, 0.29) is 23.5 Å². The maximum Gasteiger partial charge on any atom is 0.573 e. The number of alkyl halides is 3. The Kier molecular flexibility index (Phi) is 4.41. The second kappa shape index (κ2) is 5.93. The molecular formula is C14H17F3N2O2. The van der Waals surface area contributed by atoms with Crippen molar-refractivity contribution in [3.8, 4) is 5.75 Å². The van der Waals surface area contributed by atoms with Crippen LogP contribution in [0.2, 0.25) is 0 Å². The van der Waals surface area contributed by atoms with Gasteiger partial charge in [0.2, 0.25) is 5.91 Å². The van der Waals surface area contributed by atoms with Crippen LogP contribution in [0.3, 0.4) is 0 Å². The molecule has 1 N–H and O–H groups in total. The lowest BCUT2D eigenvalue weighted by atomic mass is 9.88. The maximum atomic E-state index is 12.3. The van der Waals surface area contributed by atoms with Crippen molar-refractivity contribution in [1.29, 1.82) is 0 Å². The topological polar surface area (TPSA) is 41.6 Å². The molecule has 1 saturated heterocycles. The second-order valence-corrected chi connectivity index (χ2v) is 5.15. The Morgan fingerprint density at radius 2 is 2.10 bits per heavy atom. The molecule has 21 heavy (non-hydrogen) atoms. The van der Waals surface area contributed by atoms with Gasteiger partial charge in [0.25, 0.3) is 0 Å². The van der Waals surface area contributed by atoms with Gasteiger partial charge in [0.1, 0.15) is 5.75 Å². The fourth-order valence-corrected chi connectivity index (χ4v) is 2.19. The van der Waals surface area contributed by atoms with E-state index in [9.17, 15) is 18.0 Å². The van der Waals surface area contributed by atoms with Crippen molar-refractivity contribution in [1.82, 2.24) is 5.32 Å². The summed E-state index contributed by atoms with van der Waals surface area (Å²) in [5, 5.41) is 3.09. The van der Waals surface area contributed by atoms with Gasteiger partial charge in [0.15, 0.2) is 0 Å². The molecule has 2 rings (SSSR count). The lowest BCUT2D eigenvalue weighted by Gasteiger charge is -2.34. The number of benzene rings is 1. The number of carbonyl (C=O) groups is 1. The maximum absolute atomic E-state index is 12.3. The fourth-order valence-electron chi connectivity index (χ4n) is 2.19. The minimum absolute atomic E-state index is 0.120. The Balaban J connectivity index is 2.09. The normalized spacial score (nSPS) is 17.0. The third-order valence-electron chi connectivity index (χ3n) is 3.68. The van der Waals surface area contributed by atoms with Gasteiger partial charge in [-0.2, -0.15) is 0 Å². The summed E-state index contributed by atoms with van der Waals surface area (Å²) < 4.78 is 40.5. The van der Waals surface area contributed by atoms with E-state index >= 15 is 0 Å². The summed E-state index contributed by atoms with van der Waals surface area (Å²) >= 11 is 0. The Morgan fingerprint density at radius 3 is 2.62 bits per heavy atom. The van der Waals surface area contributed by atoms with E-state index in [2.05, 4.69) is 10.1 Å². The minimum atomic E-state index is -4.74. The van der Waals surface area contributed by atoms with Gasteiger partial charge in [-0.25, -0.2) is 0 Å². The fraction of sp³-hybridized carbons (Fsp3) is 0.500. The molecule has 116 valence electrons. The van der Waals surface area contributed by atoms with Gasteiger partial charge in [-0.05, 0) is 31.1 Å². The molecule has 1 aromatic rings. The molecule has 1 unspecified atom stereocenters. The van der Waals surface area contributed by atoms with E-state index in [1.165, 1.54) is 23.1 Å². The first-order valence-corrected chi connectivity index (χ1v) is 6.62. The monoisotopic (exact) mass is 302 g/mol. The van der Waals surface area contributed by atoms with Crippen LogP contribution >= 0.6 is 0 Å². The Labute approximate surface area is 120 Å². The Hall–Kier alpha value is -1.76. The molecular weight excluding hydrogens is 285 g/mol. The summed E-state index contributed by atoms with van der Waals surface area (Å²) in [6.45, 7) is 3.41. The summed E-state index contributed by atoms with van der Waals surface area (Å²) in [5.74, 6) is -0.360. The van der Waals surface area contributed by atoms with E-state index in [1.807, 2.05) is 6.92 Å². The highest BCUT2D eigenvalue weighted by Crippen LogP contribution is 2.28. The van der Waals surface area contributed by atoms with Crippen molar-refractivity contribution in [2.24, 2.45) is 11.8 Å². The Morgan fingerprint density at radius 1 is 1.43 bits per heavy atom. The van der Waals surface area contributed by atoms with E-state index in [1.54, 1.807) is 13.1 Å². The van der Waals surface area contributed by atoms with Crippen LogP contribution < -0.4 is 15.0 Å². The first-order valence-electron chi connectivity index (χ1n) is 6.62. The van der Waals surface area contributed by atoms with Gasteiger partial charge in [-0.1, -0.05) is 13.0 Å². The summed E-state index contributed by atoms with van der Waals surface area (Å²) in [7, 11) is 1.55. The highest BCUT2D eigenvalue weighted by Gasteiger charge is 2.32. The van der Waals surface area contributed by atoms with Crippen LogP contribution in [0.25, 0.3) is 0 Å². The number of nitrogens with zero attached hydrogens (tertiary/aromatic N) is 1. The summed E-state index contributed by atoms with van der Waals surface area (Å²) in [4.78, 5) is 13.7. The zero-order valence-corrected chi connectivity index (χ0v) is 11.8. The van der Waals surface area contributed by atoms with Gasteiger partial charge < -0.3 is 15.0 Å². The quantitative estimate of drug-likeness (QED) is 0.928. The number of carbonyl (C=O) groups excluding carboxylic acids is 1. The number of anilines is 1. The van der Waals surface area contributed by atoms with E-state index < -0.39 is 6.36 Å². The first kappa shape index (κ1) is 15.6. The van der Waals surface area contributed by atoms with Gasteiger partial charge in [0, 0.05) is 24.7 Å². The number of rotatable bonds is 4. The van der Waals surface area contributed by atoms with E-state index in [0.29, 0.717) is 5.69 Å². The summed E-state index contributed by atoms with van der Waals surface area (Å²) in [6.07, 6.45) is -4.74. The van der Waals surface area contributed by atoms with Gasteiger partial charge in [-0.3, -0.25) is 4.79 Å². The smallest absolute Gasteiger partial charge is 0.406 e. The average Bonchev–Trinajstić information content (AvgIpc) is 2.33. The molecule has 0 aliphatic carbocycles. The van der Waals surface area contributed by atoms with Crippen LogP contribution in [0.15, 0.2) is 24.3 Å². The van der Waals surface area contributed by atoms with Gasteiger partial charge in [0.05, 0.1) is 0 Å². The molecule has 0 saturated carbocycles. The van der Waals surface area contributed by atoms with Crippen molar-refractivity contribution in [3.63, 3.8) is 0 Å². The standard InChI is InChI=1S/C14H17F3N2O2/c1-9(10-7-18-8-10)13(20)19(2)11-4-3-5-12(6-11)21-14(15,16)17/h3-6,9-10,18H,7-8H2,1-2H3. The largest absolute Gasteiger partial charge is 0.573 e. The lowest BCUT2D eigenvalue weighted by Crippen LogP contribution is -2.50. The van der Waals surface area contributed by atoms with Crippen LogP contribution in [-0.2, 0) is 4.79 Å². The highest BCUT2D eigenvalue weighted by molar-refractivity contribution is 5.94. The number of amides is 1. The molecule has 1 aliphatic rings. The van der Waals surface area contributed by atoms with Crippen molar-refractivity contribution in [2.45, 2.75) is 13.3 Å². The van der Waals surface area contributed by atoms with E-state index in [0.717, 1.165) is 13.1 Å². The average molecular weight is 302 g/mol. The Bertz CT molecular complexity index is 515. The van der Waals surface area contributed by atoms with Crippen LogP contribution in [0.4, 0.5) is 18.9 Å². The molecule has 1 amide bonds. The van der Waals surface area contributed by atoms with Crippen molar-refractivity contribution in [3.05, 3.63) is 24.3 Å². The molecule has 1 heterocycles. The number of halogens is 3. The summed E-state index contributed by atoms with van der Waals surface area (Å²) in [5.41, 5.74) is 0.376. The SMILES string of the molecule is CC(C(=O)N(C)c1cccc(OC(F)(F)F)c1)C1CNC1. The molecule has 0 spiro atoms. The number of ether oxygens (including phenoxy) is 1. The molecule has 1 atom stereocenters. The molecule has 1 aromatic carbocycles. The molecule has 0 radical (unpaired) electrons. The highest BCUT2D eigenvalue weighted by atomic mass is 19.4. The molecule has 1 aliphatic heterocycles. The molecule has 0 bridgehead atoms. The van der Waals surface area contributed by atoms with Gasteiger partial charge in [-0.15, -0.1) is 13.2 Å². The summed E-state index contributed by atoms with van der Waals surface area (Å²) in [6, 6.07) is 5.41. The predicted octanol–water partition coefficient (Wildman–Crippen LogP) is 2.40. The van der Waals surface area contributed by atoms with Crippen LogP contribution in [0, 0.1) is 11.8 Å². The molecule has 4 nitrogen and oxygen atoms in total. The minimum Gasteiger partial charge on any atom is -0.406 e. The predicted molar refractivity (Wildman–Crippen MR) is 72.1 cm³/mol. The van der Waals surface area contributed by atoms with Crippen LogP contribution in [0.1, 0.15) is 6.92 Å². The molecule has 1 fully saturated rings. The zero-order valence-electron chi connectivity index (χ0n) is 11.8. The number of hydrogen-bond donors (Lipinski definition) is 1. The molecule has 0 aromatic heterocycles. The second-order valence-electron chi connectivity index (χ2n) is 5.15. The zero-order chi connectivity index (χ0) is 15.6. The number of hydrogen-bond acceptors (Lipinski definition) is 3. The molecule has 7 heteroatoms. The lowest BCUT2D eigenvalue weighted by molar-refractivity contribution is -0.274. The van der Waals surface area contributed by atoms with Crippen molar-refractivity contribution < 1.29 is 22.7 Å². The van der Waals surface area contributed by atoms with Crippen LogP contribution in [-0.4, -0.2) is 32.4 Å². The van der Waals surface area contributed by atoms with Crippen molar-refractivity contribution >= 4 is 11.6 Å². The first-order chi connectivity index (χ1) is 9.78. The number of nitrogens with one attached hydrogen (secondary N) is 1.